The summed E-state index contributed by atoms with van der Waals surface area (Å²) >= 11 is 1.63. The zero-order valence-electron chi connectivity index (χ0n) is 16.4. The van der Waals surface area contributed by atoms with Crippen molar-refractivity contribution in [3.8, 4) is 11.5 Å². The predicted octanol–water partition coefficient (Wildman–Crippen LogP) is 6.03. The van der Waals surface area contributed by atoms with E-state index in [4.69, 9.17) is 9.47 Å². The maximum atomic E-state index is 13.0. The van der Waals surface area contributed by atoms with Crippen molar-refractivity contribution in [1.29, 1.82) is 0 Å². The molecule has 0 radical (unpaired) electrons. The van der Waals surface area contributed by atoms with E-state index in [1.807, 2.05) is 48.5 Å². The molecule has 0 aromatic heterocycles. The highest BCUT2D eigenvalue weighted by atomic mass is 32.2. The Kier molecular flexibility index (Phi) is 7.65. The Morgan fingerprint density at radius 2 is 1.70 bits per heavy atom. The molecule has 30 heavy (non-hydrogen) atoms. The fraction of sp³-hybridized carbons (Fsp3) is 0.217. The maximum Gasteiger partial charge on any atom is 0.419 e. The van der Waals surface area contributed by atoms with Crippen molar-refractivity contribution in [2.24, 2.45) is 0 Å². The number of ether oxygens (including phenoxy) is 2. The van der Waals surface area contributed by atoms with E-state index in [0.29, 0.717) is 13.1 Å². The summed E-state index contributed by atoms with van der Waals surface area (Å²) in [6, 6.07) is 21.1. The first-order valence-corrected chi connectivity index (χ1v) is 10.2. The summed E-state index contributed by atoms with van der Waals surface area (Å²) in [6.07, 6.45) is -4.43. The van der Waals surface area contributed by atoms with E-state index >= 15 is 0 Å². The van der Waals surface area contributed by atoms with Crippen LogP contribution in [0.3, 0.4) is 0 Å². The summed E-state index contributed by atoms with van der Waals surface area (Å²) in [5, 5.41) is 3.23. The van der Waals surface area contributed by atoms with Gasteiger partial charge in [0.1, 0.15) is 18.1 Å². The summed E-state index contributed by atoms with van der Waals surface area (Å²) in [5.74, 6) is 0.646. The van der Waals surface area contributed by atoms with E-state index in [1.54, 1.807) is 18.9 Å². The van der Waals surface area contributed by atoms with E-state index in [-0.39, 0.29) is 12.4 Å². The van der Waals surface area contributed by atoms with Crippen LogP contribution < -0.4 is 14.8 Å². The molecule has 0 aliphatic carbocycles. The largest absolute Gasteiger partial charge is 0.497 e. The minimum atomic E-state index is -4.43. The number of hydrogen-bond donors (Lipinski definition) is 1. The Morgan fingerprint density at radius 1 is 0.933 bits per heavy atom. The number of nitrogens with one attached hydrogen (secondary N) is 1. The van der Waals surface area contributed by atoms with Gasteiger partial charge in [-0.2, -0.15) is 13.2 Å². The minimum Gasteiger partial charge on any atom is -0.497 e. The monoisotopic (exact) mass is 433 g/mol. The molecule has 0 atom stereocenters. The minimum absolute atomic E-state index is 0.137. The van der Waals surface area contributed by atoms with Crippen LogP contribution in [0.1, 0.15) is 11.1 Å². The molecular formula is C23H22F3NO2S. The second kappa shape index (κ2) is 10.4. The lowest BCUT2D eigenvalue weighted by atomic mass is 10.2. The fourth-order valence-corrected chi connectivity index (χ4v) is 3.82. The van der Waals surface area contributed by atoms with Gasteiger partial charge in [0.25, 0.3) is 0 Å². The molecule has 0 spiro atoms. The standard InChI is InChI=1S/C23H22F3NO2S/c1-28-18-8-6-9-19(15-18)30-22-12-5-2-7-17(22)16-27-13-14-29-21-11-4-3-10-20(21)23(24,25)26/h2-12,15,27H,13-14,16H2,1H3. The van der Waals surface area contributed by atoms with Gasteiger partial charge in [-0.3, -0.25) is 0 Å². The normalized spacial score (nSPS) is 11.3. The van der Waals surface area contributed by atoms with Crippen molar-refractivity contribution in [2.75, 3.05) is 20.3 Å². The molecule has 158 valence electrons. The molecule has 0 saturated carbocycles. The second-order valence-corrected chi connectivity index (χ2v) is 7.52. The van der Waals surface area contributed by atoms with Crippen LogP contribution >= 0.6 is 11.8 Å². The SMILES string of the molecule is COc1cccc(Sc2ccccc2CNCCOc2ccccc2C(F)(F)F)c1. The van der Waals surface area contributed by atoms with Crippen molar-refractivity contribution < 1.29 is 22.6 Å². The zero-order chi connectivity index (χ0) is 21.4. The van der Waals surface area contributed by atoms with Gasteiger partial charge in [0.2, 0.25) is 0 Å². The number of para-hydroxylation sites is 1. The van der Waals surface area contributed by atoms with Gasteiger partial charge in [-0.15, -0.1) is 0 Å². The molecule has 0 aliphatic heterocycles. The first-order valence-electron chi connectivity index (χ1n) is 9.37. The van der Waals surface area contributed by atoms with Crippen LogP contribution in [0.25, 0.3) is 0 Å². The molecule has 3 aromatic rings. The van der Waals surface area contributed by atoms with E-state index < -0.39 is 11.7 Å². The number of methoxy groups -OCH3 is 1. The van der Waals surface area contributed by atoms with Crippen LogP contribution in [0.2, 0.25) is 0 Å². The van der Waals surface area contributed by atoms with Gasteiger partial charge in [-0.1, -0.05) is 48.2 Å². The molecule has 3 nitrogen and oxygen atoms in total. The Morgan fingerprint density at radius 3 is 2.50 bits per heavy atom. The van der Waals surface area contributed by atoms with Crippen LogP contribution in [0, 0.1) is 0 Å². The van der Waals surface area contributed by atoms with E-state index in [0.717, 1.165) is 27.2 Å². The van der Waals surface area contributed by atoms with Crippen LogP contribution in [0.4, 0.5) is 13.2 Å². The molecule has 3 rings (SSSR count). The summed E-state index contributed by atoms with van der Waals surface area (Å²) in [7, 11) is 1.64. The topological polar surface area (TPSA) is 30.5 Å². The summed E-state index contributed by atoms with van der Waals surface area (Å²) < 4.78 is 49.7. The molecule has 0 bridgehead atoms. The number of benzene rings is 3. The van der Waals surface area contributed by atoms with Gasteiger partial charge in [0.05, 0.1) is 12.7 Å². The number of hydrogen-bond acceptors (Lipinski definition) is 4. The van der Waals surface area contributed by atoms with Crippen LogP contribution in [0.15, 0.2) is 82.6 Å². The first-order chi connectivity index (χ1) is 14.5. The first kappa shape index (κ1) is 22.1. The van der Waals surface area contributed by atoms with E-state index in [1.165, 1.54) is 18.2 Å². The van der Waals surface area contributed by atoms with Crippen molar-refractivity contribution in [1.82, 2.24) is 5.32 Å². The Hall–Kier alpha value is -2.64. The summed E-state index contributed by atoms with van der Waals surface area (Å²) in [5.41, 5.74) is 0.339. The molecule has 7 heteroatoms. The molecule has 1 N–H and O–H groups in total. The van der Waals surface area contributed by atoms with Crippen molar-refractivity contribution in [2.45, 2.75) is 22.5 Å². The highest BCUT2D eigenvalue weighted by Gasteiger charge is 2.33. The summed E-state index contributed by atoms with van der Waals surface area (Å²) in [4.78, 5) is 2.16. The Balaban J connectivity index is 1.54. The maximum absolute atomic E-state index is 13.0. The number of alkyl halides is 3. The quantitative estimate of drug-likeness (QED) is 0.417. The highest BCUT2D eigenvalue weighted by Crippen LogP contribution is 2.36. The van der Waals surface area contributed by atoms with Gasteiger partial charge in [-0.05, 0) is 42.0 Å². The predicted molar refractivity (Wildman–Crippen MR) is 112 cm³/mol. The average molecular weight is 433 g/mol. The van der Waals surface area contributed by atoms with Crippen LogP contribution in [0.5, 0.6) is 11.5 Å². The third-order valence-corrected chi connectivity index (χ3v) is 5.39. The third-order valence-electron chi connectivity index (χ3n) is 4.29. The highest BCUT2D eigenvalue weighted by molar-refractivity contribution is 7.99. The van der Waals surface area contributed by atoms with Gasteiger partial charge in [0, 0.05) is 22.9 Å². The van der Waals surface area contributed by atoms with Crippen LogP contribution in [-0.4, -0.2) is 20.3 Å². The smallest absolute Gasteiger partial charge is 0.419 e. The molecule has 0 unspecified atom stereocenters. The van der Waals surface area contributed by atoms with Gasteiger partial charge >= 0.3 is 6.18 Å². The number of halogens is 3. The van der Waals surface area contributed by atoms with Crippen molar-refractivity contribution in [3.05, 3.63) is 83.9 Å². The van der Waals surface area contributed by atoms with E-state index in [2.05, 4.69) is 5.32 Å². The average Bonchev–Trinajstić information content (AvgIpc) is 2.74. The summed E-state index contributed by atoms with van der Waals surface area (Å²) in [6.45, 7) is 1.14. The Labute approximate surface area is 178 Å². The molecule has 0 amide bonds. The van der Waals surface area contributed by atoms with Crippen molar-refractivity contribution >= 4 is 11.8 Å². The molecule has 0 heterocycles. The second-order valence-electron chi connectivity index (χ2n) is 6.41. The molecule has 0 saturated heterocycles. The van der Waals surface area contributed by atoms with Crippen molar-refractivity contribution in [3.63, 3.8) is 0 Å². The lowest BCUT2D eigenvalue weighted by Crippen LogP contribution is -2.21. The third kappa shape index (κ3) is 6.18. The zero-order valence-corrected chi connectivity index (χ0v) is 17.2. The van der Waals surface area contributed by atoms with Gasteiger partial charge in [-0.25, -0.2) is 0 Å². The van der Waals surface area contributed by atoms with Crippen LogP contribution in [-0.2, 0) is 12.7 Å². The lowest BCUT2D eigenvalue weighted by molar-refractivity contribution is -0.138. The fourth-order valence-electron chi connectivity index (χ4n) is 2.82. The Bertz CT molecular complexity index is 963. The molecule has 0 fully saturated rings. The molecular weight excluding hydrogens is 411 g/mol. The van der Waals surface area contributed by atoms with Gasteiger partial charge in [0.15, 0.2) is 0 Å². The molecule has 0 aliphatic rings. The lowest BCUT2D eigenvalue weighted by Gasteiger charge is -2.14. The number of rotatable bonds is 9. The van der Waals surface area contributed by atoms with E-state index in [9.17, 15) is 13.2 Å². The van der Waals surface area contributed by atoms with Gasteiger partial charge < -0.3 is 14.8 Å². The molecule has 3 aromatic carbocycles.